The van der Waals surface area contributed by atoms with Crippen molar-refractivity contribution >= 4 is 0 Å². The van der Waals surface area contributed by atoms with E-state index in [1.165, 1.54) is 19.3 Å². The molecule has 1 aliphatic rings. The van der Waals surface area contributed by atoms with Crippen LogP contribution in [0.3, 0.4) is 0 Å². The van der Waals surface area contributed by atoms with Gasteiger partial charge in [0, 0.05) is 12.7 Å². The summed E-state index contributed by atoms with van der Waals surface area (Å²) in [6.07, 6.45) is 12.0. The minimum absolute atomic E-state index is 0.825. The smallest absolute Gasteiger partial charge is 0.0692 e. The van der Waals surface area contributed by atoms with E-state index in [0.29, 0.717) is 0 Å². The first-order valence-electron chi connectivity index (χ1n) is 5.65. The van der Waals surface area contributed by atoms with Gasteiger partial charge in [-0.2, -0.15) is 0 Å². The van der Waals surface area contributed by atoms with E-state index in [4.69, 9.17) is 0 Å². The lowest BCUT2D eigenvalue weighted by molar-refractivity contribution is 0.427. The number of aromatic nitrogens is 3. The Hall–Kier alpha value is -1.16. The topological polar surface area (TPSA) is 42.7 Å². The molecule has 0 aromatic carbocycles. The van der Waals surface area contributed by atoms with E-state index in [1.807, 2.05) is 10.9 Å². The van der Waals surface area contributed by atoms with Gasteiger partial charge in [0.15, 0.2) is 0 Å². The number of hydrogen-bond donors (Lipinski definition) is 1. The molecule has 0 fully saturated rings. The molecule has 1 heterocycles. The van der Waals surface area contributed by atoms with Gasteiger partial charge >= 0.3 is 0 Å². The van der Waals surface area contributed by atoms with Crippen LogP contribution in [0.15, 0.2) is 24.5 Å². The van der Waals surface area contributed by atoms with Crippen LogP contribution in [0.2, 0.25) is 0 Å². The Morgan fingerprint density at radius 1 is 1.40 bits per heavy atom. The van der Waals surface area contributed by atoms with Crippen molar-refractivity contribution in [2.24, 2.45) is 5.92 Å². The van der Waals surface area contributed by atoms with Gasteiger partial charge in [-0.15, -0.1) is 5.10 Å². The molecule has 0 amide bonds. The Labute approximate surface area is 90.4 Å². The first-order valence-corrected chi connectivity index (χ1v) is 5.65. The molecule has 2 rings (SSSR count). The first kappa shape index (κ1) is 10.4. The zero-order valence-electron chi connectivity index (χ0n) is 8.97. The maximum atomic E-state index is 3.92. The average Bonchev–Trinajstić information content (AvgIpc) is 2.79. The molecule has 0 saturated carbocycles. The van der Waals surface area contributed by atoms with Crippen LogP contribution in [0.25, 0.3) is 0 Å². The summed E-state index contributed by atoms with van der Waals surface area (Å²) in [4.78, 5) is 0. The number of hydrogen-bond acceptors (Lipinski definition) is 3. The van der Waals surface area contributed by atoms with Gasteiger partial charge < -0.3 is 5.32 Å². The predicted octanol–water partition coefficient (Wildman–Crippen LogP) is 1.22. The molecule has 1 unspecified atom stereocenters. The molecular formula is C11H18N4. The van der Waals surface area contributed by atoms with E-state index < -0.39 is 0 Å². The van der Waals surface area contributed by atoms with Gasteiger partial charge in [0.2, 0.25) is 0 Å². The van der Waals surface area contributed by atoms with Crippen LogP contribution < -0.4 is 5.32 Å². The number of rotatable bonds is 5. The zero-order valence-corrected chi connectivity index (χ0v) is 8.97. The highest BCUT2D eigenvalue weighted by molar-refractivity contribution is 4.90. The molecule has 4 nitrogen and oxygen atoms in total. The fourth-order valence-corrected chi connectivity index (χ4v) is 1.89. The monoisotopic (exact) mass is 206 g/mol. The van der Waals surface area contributed by atoms with E-state index >= 15 is 0 Å². The molecule has 1 atom stereocenters. The van der Waals surface area contributed by atoms with Crippen molar-refractivity contribution in [1.29, 1.82) is 0 Å². The quantitative estimate of drug-likeness (QED) is 0.582. The van der Waals surface area contributed by atoms with Gasteiger partial charge in [0.25, 0.3) is 0 Å². The van der Waals surface area contributed by atoms with Crippen molar-refractivity contribution < 1.29 is 0 Å². The highest BCUT2D eigenvalue weighted by Crippen LogP contribution is 2.16. The van der Waals surface area contributed by atoms with Crippen molar-refractivity contribution in [3.8, 4) is 0 Å². The molecule has 0 saturated heterocycles. The molecule has 1 aliphatic carbocycles. The maximum absolute atomic E-state index is 3.92. The van der Waals surface area contributed by atoms with Crippen LogP contribution in [0.4, 0.5) is 0 Å². The second-order valence-electron chi connectivity index (χ2n) is 4.02. The maximum Gasteiger partial charge on any atom is 0.0692 e. The van der Waals surface area contributed by atoms with Gasteiger partial charge in [-0.1, -0.05) is 17.4 Å². The summed E-state index contributed by atoms with van der Waals surface area (Å²) in [6.45, 7) is 3.01. The predicted molar refractivity (Wildman–Crippen MR) is 59.4 cm³/mol. The van der Waals surface area contributed by atoms with Crippen LogP contribution in [0.5, 0.6) is 0 Å². The molecular weight excluding hydrogens is 188 g/mol. The van der Waals surface area contributed by atoms with Gasteiger partial charge in [-0.3, -0.25) is 4.68 Å². The fourth-order valence-electron chi connectivity index (χ4n) is 1.89. The highest BCUT2D eigenvalue weighted by atomic mass is 15.4. The summed E-state index contributed by atoms with van der Waals surface area (Å²) in [6, 6.07) is 0. The van der Waals surface area contributed by atoms with Crippen molar-refractivity contribution in [1.82, 2.24) is 20.3 Å². The summed E-state index contributed by atoms with van der Waals surface area (Å²) >= 11 is 0. The molecule has 1 N–H and O–H groups in total. The third-order valence-corrected chi connectivity index (χ3v) is 2.80. The van der Waals surface area contributed by atoms with Crippen LogP contribution >= 0.6 is 0 Å². The van der Waals surface area contributed by atoms with Crippen molar-refractivity contribution in [2.45, 2.75) is 25.8 Å². The Morgan fingerprint density at radius 3 is 3.13 bits per heavy atom. The zero-order chi connectivity index (χ0) is 10.3. The Kier molecular flexibility index (Phi) is 3.91. The van der Waals surface area contributed by atoms with Crippen LogP contribution in [-0.4, -0.2) is 28.1 Å². The Bertz CT molecular complexity index is 292. The fraction of sp³-hybridized carbons (Fsp3) is 0.636. The molecule has 1 aromatic rings. The molecule has 4 heteroatoms. The SMILES string of the molecule is C1=CCC(CNCCn2ccnn2)CC1. The summed E-state index contributed by atoms with van der Waals surface area (Å²) < 4.78 is 1.85. The van der Waals surface area contributed by atoms with Crippen molar-refractivity contribution in [2.75, 3.05) is 13.1 Å². The third kappa shape index (κ3) is 3.47. The largest absolute Gasteiger partial charge is 0.315 e. The van der Waals surface area contributed by atoms with Gasteiger partial charge in [0.05, 0.1) is 12.7 Å². The minimum Gasteiger partial charge on any atom is -0.315 e. The molecule has 0 spiro atoms. The highest BCUT2D eigenvalue weighted by Gasteiger charge is 2.08. The van der Waals surface area contributed by atoms with Crippen LogP contribution in [0.1, 0.15) is 19.3 Å². The minimum atomic E-state index is 0.825. The van der Waals surface area contributed by atoms with Gasteiger partial charge in [-0.05, 0) is 31.7 Å². The van der Waals surface area contributed by atoms with Crippen molar-refractivity contribution in [3.63, 3.8) is 0 Å². The average molecular weight is 206 g/mol. The Balaban J connectivity index is 1.57. The lowest BCUT2D eigenvalue weighted by Crippen LogP contribution is -2.27. The summed E-state index contributed by atoms with van der Waals surface area (Å²) in [7, 11) is 0. The number of allylic oxidation sites excluding steroid dienone is 2. The van der Waals surface area contributed by atoms with Crippen molar-refractivity contribution in [3.05, 3.63) is 24.5 Å². The van der Waals surface area contributed by atoms with Gasteiger partial charge in [0.1, 0.15) is 0 Å². The standard InChI is InChI=1S/C11H18N4/c1-2-4-11(5-3-1)10-12-6-8-15-9-7-13-14-15/h1-2,7,9,11-12H,3-6,8,10H2. The second kappa shape index (κ2) is 5.66. The Morgan fingerprint density at radius 2 is 2.40 bits per heavy atom. The molecule has 0 aliphatic heterocycles. The second-order valence-corrected chi connectivity index (χ2v) is 4.02. The molecule has 82 valence electrons. The lowest BCUT2D eigenvalue weighted by atomic mass is 9.94. The summed E-state index contributed by atoms with van der Waals surface area (Å²) in [5, 5.41) is 11.2. The van der Waals surface area contributed by atoms with E-state index in [1.54, 1.807) is 6.20 Å². The van der Waals surface area contributed by atoms with E-state index in [0.717, 1.165) is 25.6 Å². The molecule has 0 radical (unpaired) electrons. The summed E-state index contributed by atoms with van der Waals surface area (Å²) in [5.74, 6) is 0.825. The van der Waals surface area contributed by atoms with E-state index in [9.17, 15) is 0 Å². The molecule has 0 bridgehead atoms. The summed E-state index contributed by atoms with van der Waals surface area (Å²) in [5.41, 5.74) is 0. The number of nitrogens with one attached hydrogen (secondary N) is 1. The number of nitrogens with zero attached hydrogens (tertiary/aromatic N) is 3. The normalized spacial score (nSPS) is 20.7. The van der Waals surface area contributed by atoms with Gasteiger partial charge in [-0.25, -0.2) is 0 Å². The third-order valence-electron chi connectivity index (χ3n) is 2.80. The molecule has 15 heavy (non-hydrogen) atoms. The van der Waals surface area contributed by atoms with Crippen LogP contribution in [-0.2, 0) is 6.54 Å². The van der Waals surface area contributed by atoms with Crippen LogP contribution in [0, 0.1) is 5.92 Å². The first-order chi connectivity index (χ1) is 7.45. The molecule has 1 aromatic heterocycles. The van der Waals surface area contributed by atoms with E-state index in [-0.39, 0.29) is 0 Å². The van der Waals surface area contributed by atoms with E-state index in [2.05, 4.69) is 27.8 Å². The lowest BCUT2D eigenvalue weighted by Gasteiger charge is -2.17.